The number of fused-ring (bicyclic) bond motifs is 2. The van der Waals surface area contributed by atoms with Crippen molar-refractivity contribution in [1.82, 2.24) is 0 Å². The summed E-state index contributed by atoms with van der Waals surface area (Å²) in [5.41, 5.74) is -0.952. The van der Waals surface area contributed by atoms with Crippen LogP contribution in [0.15, 0.2) is 52.7 Å². The van der Waals surface area contributed by atoms with Crippen LogP contribution in [0, 0.1) is 11.8 Å². The van der Waals surface area contributed by atoms with Crippen molar-refractivity contribution in [3.05, 3.63) is 69.4 Å². The molecule has 46 heavy (non-hydrogen) atoms. The summed E-state index contributed by atoms with van der Waals surface area (Å²) < 4.78 is 20.6. The molecule has 3 aliphatic heterocycles. The van der Waals surface area contributed by atoms with Gasteiger partial charge in [0.25, 0.3) is 0 Å². The Labute approximate surface area is 270 Å². The van der Waals surface area contributed by atoms with E-state index in [0.717, 1.165) is 12.0 Å². The largest absolute Gasteiger partial charge is 0.506 e. The van der Waals surface area contributed by atoms with Crippen molar-refractivity contribution in [2.45, 2.75) is 110 Å². The van der Waals surface area contributed by atoms with E-state index in [9.17, 15) is 24.6 Å². The van der Waals surface area contributed by atoms with Crippen LogP contribution in [0.3, 0.4) is 0 Å². The number of carbonyl (C=O) groups excluding carboxylic acids is 2. The third-order valence-corrected chi connectivity index (χ3v) is 10.5. The molecule has 5 atom stereocenters. The summed E-state index contributed by atoms with van der Waals surface area (Å²) in [4.78, 5) is 40.8. The maximum absolute atomic E-state index is 14.7. The van der Waals surface area contributed by atoms with Crippen molar-refractivity contribution in [3.8, 4) is 17.2 Å². The monoisotopic (exact) mass is 628 g/mol. The van der Waals surface area contributed by atoms with Crippen LogP contribution >= 0.6 is 0 Å². The van der Waals surface area contributed by atoms with Crippen molar-refractivity contribution in [1.29, 1.82) is 0 Å². The number of hydrogen-bond donors (Lipinski definition) is 2. The molecule has 0 amide bonds. The van der Waals surface area contributed by atoms with Gasteiger partial charge in [-0.3, -0.25) is 9.59 Å². The molecule has 6 aliphatic rings. The average molecular weight is 629 g/mol. The lowest BCUT2D eigenvalue weighted by Crippen LogP contribution is -2.72. The van der Waals surface area contributed by atoms with Crippen LogP contribution in [0.25, 0.3) is 6.08 Å². The third-order valence-electron chi connectivity index (χ3n) is 10.5. The second-order valence-electron chi connectivity index (χ2n) is 14.8. The van der Waals surface area contributed by atoms with E-state index in [1.165, 1.54) is 18.6 Å². The number of aromatic hydroxyl groups is 1. The van der Waals surface area contributed by atoms with Crippen LogP contribution in [-0.2, 0) is 20.7 Å². The minimum absolute atomic E-state index is 0.0544. The molecule has 3 aliphatic carbocycles. The van der Waals surface area contributed by atoms with Crippen molar-refractivity contribution in [2.75, 3.05) is 0 Å². The molecule has 8 nitrogen and oxygen atoms in total. The number of rotatable bonds is 8. The van der Waals surface area contributed by atoms with Gasteiger partial charge >= 0.3 is 5.97 Å². The van der Waals surface area contributed by atoms with Gasteiger partial charge in [0.15, 0.2) is 22.8 Å². The highest BCUT2D eigenvalue weighted by Crippen LogP contribution is 2.68. The van der Waals surface area contributed by atoms with Gasteiger partial charge in [0.2, 0.25) is 0 Å². The number of allylic oxidation sites excluding steroid dienone is 5. The summed E-state index contributed by atoms with van der Waals surface area (Å²) in [6.45, 7) is 15.4. The first-order valence-electron chi connectivity index (χ1n) is 16.2. The number of phenolic OH excluding ortho intramolecular Hbond substituents is 1. The smallest absolute Gasteiger partial charge is 0.330 e. The van der Waals surface area contributed by atoms with Crippen LogP contribution in [0.5, 0.6) is 17.2 Å². The second-order valence-corrected chi connectivity index (χ2v) is 14.8. The summed E-state index contributed by atoms with van der Waals surface area (Å²) in [7, 11) is 0. The number of phenols is 1. The van der Waals surface area contributed by atoms with E-state index in [2.05, 4.69) is 19.9 Å². The molecule has 8 heteroatoms. The zero-order valence-corrected chi connectivity index (χ0v) is 28.0. The Balaban J connectivity index is 1.59. The van der Waals surface area contributed by atoms with Crippen LogP contribution in [0.1, 0.15) is 103 Å². The highest BCUT2D eigenvalue weighted by atomic mass is 16.6. The molecule has 0 radical (unpaired) electrons. The molecular formula is C38H44O8. The number of ether oxygens (including phenoxy) is 3. The number of carboxylic acid groups (broad SMARTS) is 1. The van der Waals surface area contributed by atoms with Crippen LogP contribution < -0.4 is 9.47 Å². The summed E-state index contributed by atoms with van der Waals surface area (Å²) in [5, 5.41) is 21.4. The van der Waals surface area contributed by atoms with E-state index >= 15 is 0 Å². The predicted octanol–water partition coefficient (Wildman–Crippen LogP) is 7.24. The second kappa shape index (κ2) is 10.6. The number of hydrogen-bond acceptors (Lipinski definition) is 7. The number of ketones is 2. The number of benzene rings is 1. The minimum atomic E-state index is -1.63. The molecule has 2 N–H and O–H groups in total. The van der Waals surface area contributed by atoms with E-state index in [4.69, 9.17) is 14.2 Å². The average Bonchev–Trinajstić information content (AvgIpc) is 3.12. The topological polar surface area (TPSA) is 119 Å². The molecular weight excluding hydrogens is 584 g/mol. The fraction of sp³-hybridized carbons (Fsp3) is 0.500. The Kier molecular flexibility index (Phi) is 7.36. The van der Waals surface area contributed by atoms with Crippen molar-refractivity contribution in [2.24, 2.45) is 11.8 Å². The lowest BCUT2D eigenvalue weighted by molar-refractivity contribution is -0.171. The van der Waals surface area contributed by atoms with E-state index in [0.29, 0.717) is 41.7 Å². The van der Waals surface area contributed by atoms with Gasteiger partial charge < -0.3 is 24.4 Å². The molecule has 1 spiro atoms. The van der Waals surface area contributed by atoms with Crippen LogP contribution in [0.2, 0.25) is 0 Å². The number of Topliss-reactive ketones (excluding diaryl/α,β-unsaturated/α-hetero) is 2. The quantitative estimate of drug-likeness (QED) is 0.228. The van der Waals surface area contributed by atoms with Crippen molar-refractivity contribution in [3.63, 3.8) is 0 Å². The van der Waals surface area contributed by atoms with Gasteiger partial charge in [-0.1, -0.05) is 35.5 Å². The van der Waals surface area contributed by atoms with Crippen LogP contribution in [0.4, 0.5) is 0 Å². The van der Waals surface area contributed by atoms with Crippen LogP contribution in [-0.4, -0.2) is 50.2 Å². The standard InChI is InChI=1S/C38H44O8/c1-20(2)10-9-15-36(8)16-14-24-29(39)28-30(40)26-18-23-19-27-35(6,7)46-37(33(23)41,17-13-22(5)34(42)43)38(26,27)45-32(28)25(31(24)44-36)12-11-21(3)4/h10-11,13-14,16,18,23,27,39H,9,12,15,17,19H2,1-8H3,(H,42,43)/b22-13+/t23-,27?,36-,37+,38-/m1/s1. The maximum Gasteiger partial charge on any atom is 0.330 e. The van der Waals surface area contributed by atoms with Crippen molar-refractivity contribution < 1.29 is 38.8 Å². The summed E-state index contributed by atoms with van der Waals surface area (Å²) in [5.74, 6) is -2.28. The van der Waals surface area contributed by atoms with Gasteiger partial charge in [-0.15, -0.1) is 0 Å². The van der Waals surface area contributed by atoms with Crippen molar-refractivity contribution >= 4 is 23.6 Å². The fourth-order valence-corrected chi connectivity index (χ4v) is 8.17. The molecule has 1 aromatic rings. The Morgan fingerprint density at radius 3 is 2.35 bits per heavy atom. The van der Waals surface area contributed by atoms with Gasteiger partial charge in [-0.05, 0) is 93.2 Å². The van der Waals surface area contributed by atoms with E-state index in [1.807, 2.05) is 52.8 Å². The lowest BCUT2D eigenvalue weighted by Gasteiger charge is -2.56. The first-order chi connectivity index (χ1) is 21.5. The Morgan fingerprint density at radius 1 is 1.00 bits per heavy atom. The fourth-order valence-electron chi connectivity index (χ4n) is 8.17. The molecule has 1 unspecified atom stereocenters. The Bertz CT molecular complexity index is 1730. The normalized spacial score (nSPS) is 31.2. The van der Waals surface area contributed by atoms with Gasteiger partial charge in [-0.2, -0.15) is 0 Å². The van der Waals surface area contributed by atoms with Gasteiger partial charge in [0.05, 0.1) is 11.2 Å². The molecule has 1 saturated heterocycles. The van der Waals surface area contributed by atoms with Gasteiger partial charge in [-0.25, -0.2) is 4.79 Å². The molecule has 1 saturated carbocycles. The van der Waals surface area contributed by atoms with E-state index < -0.39 is 40.1 Å². The number of carbonyl (C=O) groups is 3. The van der Waals surface area contributed by atoms with Gasteiger partial charge in [0, 0.05) is 35.0 Å². The summed E-state index contributed by atoms with van der Waals surface area (Å²) in [6.07, 6.45) is 13.4. The Hall–Kier alpha value is -3.91. The third kappa shape index (κ3) is 4.47. The predicted molar refractivity (Wildman–Crippen MR) is 174 cm³/mol. The molecule has 3 heterocycles. The summed E-state index contributed by atoms with van der Waals surface area (Å²) >= 11 is 0. The molecule has 4 bridgehead atoms. The highest BCUT2D eigenvalue weighted by Gasteiger charge is 2.81. The van der Waals surface area contributed by atoms with E-state index in [-0.39, 0.29) is 40.8 Å². The molecule has 2 fully saturated rings. The lowest BCUT2D eigenvalue weighted by atomic mass is 9.51. The van der Waals surface area contributed by atoms with Gasteiger partial charge in [0.1, 0.15) is 28.4 Å². The first kappa shape index (κ1) is 32.0. The molecule has 7 rings (SSSR count). The maximum atomic E-state index is 14.7. The Morgan fingerprint density at radius 2 is 1.70 bits per heavy atom. The SMILES string of the molecule is CC(C)=CCC[C@]1(C)C=Cc2c(O)c3c(c(CC=C(C)C)c2O1)O[C@]12C(=C[C@@H]4CC1C(C)(C)O[C@@]2(C/C=C(\C)C(=O)O)C4=O)C3=O. The molecule has 1 aromatic carbocycles. The van der Waals surface area contributed by atoms with E-state index in [1.54, 1.807) is 6.08 Å². The molecule has 0 aromatic heterocycles. The number of carboxylic acids is 1. The first-order valence-corrected chi connectivity index (χ1v) is 16.2. The number of aliphatic carboxylic acids is 1. The highest BCUT2D eigenvalue weighted by molar-refractivity contribution is 6.19. The molecule has 244 valence electrons. The summed E-state index contributed by atoms with van der Waals surface area (Å²) in [6, 6.07) is 0. The zero-order valence-electron chi connectivity index (χ0n) is 28.0. The minimum Gasteiger partial charge on any atom is -0.506 e. The zero-order chi connectivity index (χ0) is 33.6.